The van der Waals surface area contributed by atoms with Gasteiger partial charge in [0.05, 0.1) is 5.60 Å². The highest BCUT2D eigenvalue weighted by molar-refractivity contribution is 5.33. The van der Waals surface area contributed by atoms with Crippen LogP contribution in [0.3, 0.4) is 0 Å². The molecule has 0 fully saturated rings. The van der Waals surface area contributed by atoms with Crippen LogP contribution in [0.1, 0.15) is 29.2 Å². The first kappa shape index (κ1) is 12.8. The molecule has 1 unspecified atom stereocenters. The van der Waals surface area contributed by atoms with E-state index in [-0.39, 0.29) is 0 Å². The molecule has 0 saturated carbocycles. The quantitative estimate of drug-likeness (QED) is 0.866. The number of benzene rings is 2. The van der Waals surface area contributed by atoms with Crippen LogP contribution < -0.4 is 0 Å². The third-order valence-electron chi connectivity index (χ3n) is 3.43. The molecule has 1 atom stereocenters. The minimum atomic E-state index is -0.820. The zero-order chi connectivity index (χ0) is 13.2. The van der Waals surface area contributed by atoms with E-state index in [2.05, 4.69) is 32.0 Å². The van der Waals surface area contributed by atoms with Gasteiger partial charge in [-0.25, -0.2) is 0 Å². The molecule has 2 rings (SSSR count). The molecule has 2 aromatic rings. The van der Waals surface area contributed by atoms with Gasteiger partial charge in [-0.1, -0.05) is 54.1 Å². The molecule has 0 aliphatic heterocycles. The topological polar surface area (TPSA) is 20.2 Å². The number of aliphatic hydroxyl groups is 1. The lowest BCUT2D eigenvalue weighted by atomic mass is 9.87. The predicted molar refractivity (Wildman–Crippen MR) is 75.6 cm³/mol. The highest BCUT2D eigenvalue weighted by Crippen LogP contribution is 2.26. The predicted octanol–water partition coefficient (Wildman–Crippen LogP) is 3.75. The molecule has 0 spiro atoms. The van der Waals surface area contributed by atoms with Crippen molar-refractivity contribution >= 4 is 0 Å². The van der Waals surface area contributed by atoms with Crippen LogP contribution in [0.15, 0.2) is 48.5 Å². The van der Waals surface area contributed by atoms with E-state index < -0.39 is 5.60 Å². The van der Waals surface area contributed by atoms with Gasteiger partial charge in [0.25, 0.3) is 0 Å². The zero-order valence-electron chi connectivity index (χ0n) is 11.3. The van der Waals surface area contributed by atoms with Crippen molar-refractivity contribution in [2.45, 2.75) is 32.8 Å². The van der Waals surface area contributed by atoms with Gasteiger partial charge in [-0.05, 0) is 37.5 Å². The molecule has 0 saturated heterocycles. The Morgan fingerprint density at radius 2 is 1.67 bits per heavy atom. The van der Waals surface area contributed by atoms with E-state index in [4.69, 9.17) is 0 Å². The van der Waals surface area contributed by atoms with E-state index >= 15 is 0 Å². The van der Waals surface area contributed by atoms with Crippen molar-refractivity contribution in [2.75, 3.05) is 0 Å². The summed E-state index contributed by atoms with van der Waals surface area (Å²) < 4.78 is 0. The Bertz CT molecular complexity index is 527. The lowest BCUT2D eigenvalue weighted by molar-refractivity contribution is 0.0574. The average molecular weight is 240 g/mol. The van der Waals surface area contributed by atoms with Gasteiger partial charge in [0, 0.05) is 6.42 Å². The van der Waals surface area contributed by atoms with Crippen LogP contribution >= 0.6 is 0 Å². The van der Waals surface area contributed by atoms with E-state index in [0.717, 1.165) is 5.56 Å². The normalized spacial score (nSPS) is 14.2. The minimum Gasteiger partial charge on any atom is -0.385 e. The molecule has 0 bridgehead atoms. The first-order valence-electron chi connectivity index (χ1n) is 6.33. The first-order valence-corrected chi connectivity index (χ1v) is 6.33. The number of hydrogen-bond acceptors (Lipinski definition) is 1. The van der Waals surface area contributed by atoms with Crippen LogP contribution in [0.4, 0.5) is 0 Å². The summed E-state index contributed by atoms with van der Waals surface area (Å²) in [6, 6.07) is 16.2. The second kappa shape index (κ2) is 4.95. The maximum atomic E-state index is 10.7. The fraction of sp³-hybridized carbons (Fsp3) is 0.294. The van der Waals surface area contributed by atoms with Gasteiger partial charge in [-0.15, -0.1) is 0 Å². The summed E-state index contributed by atoms with van der Waals surface area (Å²) in [4.78, 5) is 0. The molecule has 0 amide bonds. The summed E-state index contributed by atoms with van der Waals surface area (Å²) in [7, 11) is 0. The molecule has 1 heteroatoms. The lowest BCUT2D eigenvalue weighted by Gasteiger charge is -2.25. The monoisotopic (exact) mass is 240 g/mol. The summed E-state index contributed by atoms with van der Waals surface area (Å²) in [5.74, 6) is 0. The van der Waals surface area contributed by atoms with Crippen molar-refractivity contribution in [2.24, 2.45) is 0 Å². The Kier molecular flexibility index (Phi) is 3.53. The average Bonchev–Trinajstić information content (AvgIpc) is 2.35. The molecule has 2 aromatic carbocycles. The van der Waals surface area contributed by atoms with Crippen molar-refractivity contribution in [3.63, 3.8) is 0 Å². The largest absolute Gasteiger partial charge is 0.385 e. The van der Waals surface area contributed by atoms with E-state index in [1.807, 2.05) is 37.3 Å². The van der Waals surface area contributed by atoms with Gasteiger partial charge in [-0.3, -0.25) is 0 Å². The van der Waals surface area contributed by atoms with Crippen molar-refractivity contribution < 1.29 is 5.11 Å². The molecule has 0 radical (unpaired) electrons. The van der Waals surface area contributed by atoms with E-state index in [1.165, 1.54) is 16.7 Å². The summed E-state index contributed by atoms with van der Waals surface area (Å²) in [6.45, 7) is 6.06. The maximum absolute atomic E-state index is 10.7. The second-order valence-corrected chi connectivity index (χ2v) is 5.25. The second-order valence-electron chi connectivity index (χ2n) is 5.25. The Morgan fingerprint density at radius 1 is 1.00 bits per heavy atom. The summed E-state index contributed by atoms with van der Waals surface area (Å²) >= 11 is 0. The smallest absolute Gasteiger partial charge is 0.0908 e. The summed E-state index contributed by atoms with van der Waals surface area (Å²) in [5.41, 5.74) is 3.82. The zero-order valence-corrected chi connectivity index (χ0v) is 11.3. The molecule has 0 aliphatic carbocycles. The van der Waals surface area contributed by atoms with Crippen molar-refractivity contribution in [3.8, 4) is 0 Å². The standard InChI is InChI=1S/C17H20O/c1-13-9-10-14(2)15(11-13)12-17(3,18)16-7-5-4-6-8-16/h4-11,18H,12H2,1-3H3. The minimum absolute atomic E-state index is 0.643. The Balaban J connectivity index is 2.30. The number of aryl methyl sites for hydroxylation is 2. The van der Waals surface area contributed by atoms with Crippen molar-refractivity contribution in [1.82, 2.24) is 0 Å². The summed E-state index contributed by atoms with van der Waals surface area (Å²) in [5, 5.41) is 10.7. The Morgan fingerprint density at radius 3 is 2.33 bits per heavy atom. The van der Waals surface area contributed by atoms with Crippen LogP contribution in [0, 0.1) is 13.8 Å². The van der Waals surface area contributed by atoms with Crippen LogP contribution in [0.5, 0.6) is 0 Å². The number of rotatable bonds is 3. The third kappa shape index (κ3) is 2.80. The SMILES string of the molecule is Cc1ccc(C)c(CC(C)(O)c2ccccc2)c1. The fourth-order valence-electron chi connectivity index (χ4n) is 2.26. The van der Waals surface area contributed by atoms with E-state index in [0.29, 0.717) is 6.42 Å². The molecule has 94 valence electrons. The molecular formula is C17H20O. The molecule has 0 aromatic heterocycles. The number of hydrogen-bond donors (Lipinski definition) is 1. The molecule has 0 heterocycles. The van der Waals surface area contributed by atoms with Crippen molar-refractivity contribution in [3.05, 3.63) is 70.8 Å². The van der Waals surface area contributed by atoms with Crippen LogP contribution in [0.2, 0.25) is 0 Å². The van der Waals surface area contributed by atoms with Gasteiger partial charge < -0.3 is 5.11 Å². The first-order chi connectivity index (χ1) is 8.49. The van der Waals surface area contributed by atoms with Crippen LogP contribution in [-0.2, 0) is 12.0 Å². The Hall–Kier alpha value is -1.60. The van der Waals surface area contributed by atoms with Crippen LogP contribution in [-0.4, -0.2) is 5.11 Å². The molecule has 1 N–H and O–H groups in total. The lowest BCUT2D eigenvalue weighted by Crippen LogP contribution is -2.24. The molecule has 1 nitrogen and oxygen atoms in total. The van der Waals surface area contributed by atoms with E-state index in [9.17, 15) is 5.11 Å². The fourth-order valence-corrected chi connectivity index (χ4v) is 2.26. The van der Waals surface area contributed by atoms with Crippen LogP contribution in [0.25, 0.3) is 0 Å². The highest BCUT2D eigenvalue weighted by atomic mass is 16.3. The maximum Gasteiger partial charge on any atom is 0.0908 e. The Labute approximate surface area is 109 Å². The highest BCUT2D eigenvalue weighted by Gasteiger charge is 2.23. The van der Waals surface area contributed by atoms with Gasteiger partial charge >= 0.3 is 0 Å². The van der Waals surface area contributed by atoms with Gasteiger partial charge in [0.15, 0.2) is 0 Å². The third-order valence-corrected chi connectivity index (χ3v) is 3.43. The van der Waals surface area contributed by atoms with Gasteiger partial charge in [0.1, 0.15) is 0 Å². The van der Waals surface area contributed by atoms with Gasteiger partial charge in [0.2, 0.25) is 0 Å². The van der Waals surface area contributed by atoms with Crippen molar-refractivity contribution in [1.29, 1.82) is 0 Å². The van der Waals surface area contributed by atoms with Gasteiger partial charge in [-0.2, -0.15) is 0 Å². The van der Waals surface area contributed by atoms with E-state index in [1.54, 1.807) is 0 Å². The molecule has 0 aliphatic rings. The summed E-state index contributed by atoms with van der Waals surface area (Å²) in [6.07, 6.45) is 0.643. The molecule has 18 heavy (non-hydrogen) atoms. The molecular weight excluding hydrogens is 220 g/mol.